The quantitative estimate of drug-likeness (QED) is 0.745. The van der Waals surface area contributed by atoms with E-state index >= 15 is 0 Å². The minimum absolute atomic E-state index is 0.518. The second-order valence-corrected chi connectivity index (χ2v) is 7.51. The van der Waals surface area contributed by atoms with Crippen LogP contribution in [-0.2, 0) is 11.3 Å². The van der Waals surface area contributed by atoms with Crippen LogP contribution in [0.25, 0.3) is 10.9 Å². The summed E-state index contributed by atoms with van der Waals surface area (Å²) in [6.07, 6.45) is 9.75. The first-order chi connectivity index (χ1) is 13.8. The molecule has 1 aromatic carbocycles. The van der Waals surface area contributed by atoms with Crippen molar-refractivity contribution in [2.75, 3.05) is 44.9 Å². The Balaban J connectivity index is 1.67. The summed E-state index contributed by atoms with van der Waals surface area (Å²) in [6, 6.07) is 5.96. The number of methoxy groups -OCH3 is 1. The predicted molar refractivity (Wildman–Crippen MR) is 114 cm³/mol. The van der Waals surface area contributed by atoms with Gasteiger partial charge in [0.15, 0.2) is 0 Å². The normalized spacial score (nSPS) is 19.4. The Labute approximate surface area is 171 Å². The van der Waals surface area contributed by atoms with Gasteiger partial charge in [-0.05, 0) is 30.5 Å². The highest BCUT2D eigenvalue weighted by Gasteiger charge is 2.22. The van der Waals surface area contributed by atoms with E-state index in [2.05, 4.69) is 45.6 Å². The number of pyridine rings is 1. The zero-order valence-electron chi connectivity index (χ0n) is 16.2. The van der Waals surface area contributed by atoms with Gasteiger partial charge < -0.3 is 19.7 Å². The fourth-order valence-corrected chi connectivity index (χ4v) is 4.08. The SMILES string of the molecule is COc1ccc2nc(Cl)c(CNCC3C=CC=CC3)c(N3CCOCC3)c2c1. The van der Waals surface area contributed by atoms with Crippen LogP contribution in [0.5, 0.6) is 5.75 Å². The molecule has 1 aromatic heterocycles. The predicted octanol–water partition coefficient (Wildman–Crippen LogP) is 3.96. The third kappa shape index (κ3) is 4.17. The Morgan fingerprint density at radius 1 is 1.29 bits per heavy atom. The molecule has 148 valence electrons. The van der Waals surface area contributed by atoms with E-state index in [-0.39, 0.29) is 0 Å². The summed E-state index contributed by atoms with van der Waals surface area (Å²) < 4.78 is 11.0. The van der Waals surface area contributed by atoms with E-state index in [1.165, 1.54) is 0 Å². The second-order valence-electron chi connectivity index (χ2n) is 7.15. The molecule has 5 nitrogen and oxygen atoms in total. The maximum absolute atomic E-state index is 6.66. The van der Waals surface area contributed by atoms with Crippen LogP contribution in [0.1, 0.15) is 12.0 Å². The van der Waals surface area contributed by atoms with Crippen LogP contribution >= 0.6 is 11.6 Å². The molecule has 0 spiro atoms. The fourth-order valence-electron chi connectivity index (χ4n) is 3.83. The van der Waals surface area contributed by atoms with Crippen LogP contribution in [0.4, 0.5) is 5.69 Å². The lowest BCUT2D eigenvalue weighted by atomic mass is 10.0. The molecule has 1 aliphatic carbocycles. The van der Waals surface area contributed by atoms with Crippen molar-refractivity contribution in [2.24, 2.45) is 5.92 Å². The lowest BCUT2D eigenvalue weighted by Gasteiger charge is -2.32. The monoisotopic (exact) mass is 399 g/mol. The van der Waals surface area contributed by atoms with E-state index in [4.69, 9.17) is 21.1 Å². The molecule has 28 heavy (non-hydrogen) atoms. The molecule has 0 bridgehead atoms. The van der Waals surface area contributed by atoms with E-state index in [9.17, 15) is 0 Å². The van der Waals surface area contributed by atoms with Gasteiger partial charge in [0.25, 0.3) is 0 Å². The Morgan fingerprint density at radius 2 is 2.14 bits per heavy atom. The molecule has 0 radical (unpaired) electrons. The molecule has 0 amide bonds. The molecule has 2 aromatic rings. The van der Waals surface area contributed by atoms with Crippen molar-refractivity contribution in [1.29, 1.82) is 0 Å². The first-order valence-electron chi connectivity index (χ1n) is 9.79. The average Bonchev–Trinajstić information content (AvgIpc) is 2.75. The highest BCUT2D eigenvalue weighted by atomic mass is 35.5. The molecule has 0 saturated carbocycles. The number of nitrogens with one attached hydrogen (secondary N) is 1. The number of allylic oxidation sites excluding steroid dienone is 3. The summed E-state index contributed by atoms with van der Waals surface area (Å²) in [6.45, 7) is 4.72. The standard InChI is InChI=1S/C22H26ClN3O2/c1-27-17-7-8-20-18(13-17)21(26-9-11-28-12-10-26)19(22(23)25-20)15-24-14-16-5-3-2-4-6-16/h2-5,7-8,13,16,24H,6,9-12,14-15H2,1H3. The van der Waals surface area contributed by atoms with Crippen LogP contribution in [0.2, 0.25) is 5.15 Å². The van der Waals surface area contributed by atoms with Gasteiger partial charge in [-0.15, -0.1) is 0 Å². The molecule has 1 aliphatic heterocycles. The third-order valence-electron chi connectivity index (χ3n) is 5.32. The maximum atomic E-state index is 6.66. The van der Waals surface area contributed by atoms with Crippen molar-refractivity contribution in [3.63, 3.8) is 0 Å². The van der Waals surface area contributed by atoms with Gasteiger partial charge in [0.05, 0.1) is 31.5 Å². The van der Waals surface area contributed by atoms with Crippen LogP contribution in [-0.4, -0.2) is 44.9 Å². The number of anilines is 1. The van der Waals surface area contributed by atoms with Gasteiger partial charge in [0.2, 0.25) is 0 Å². The lowest BCUT2D eigenvalue weighted by Crippen LogP contribution is -2.37. The molecule has 4 rings (SSSR count). The number of morpholine rings is 1. The van der Waals surface area contributed by atoms with Gasteiger partial charge in [-0.25, -0.2) is 4.98 Å². The first kappa shape index (κ1) is 19.2. The summed E-state index contributed by atoms with van der Waals surface area (Å²) in [5.74, 6) is 1.34. The Bertz CT molecular complexity index is 891. The van der Waals surface area contributed by atoms with Crippen molar-refractivity contribution >= 4 is 28.2 Å². The zero-order valence-corrected chi connectivity index (χ0v) is 16.9. The molecule has 1 unspecified atom stereocenters. The second kappa shape index (κ2) is 8.95. The molecule has 1 N–H and O–H groups in total. The largest absolute Gasteiger partial charge is 0.497 e. The van der Waals surface area contributed by atoms with Crippen LogP contribution in [0.3, 0.4) is 0 Å². The van der Waals surface area contributed by atoms with E-state index < -0.39 is 0 Å². The number of halogens is 1. The van der Waals surface area contributed by atoms with E-state index in [1.807, 2.05) is 12.1 Å². The van der Waals surface area contributed by atoms with Crippen molar-refractivity contribution in [3.8, 4) is 5.75 Å². The van der Waals surface area contributed by atoms with Gasteiger partial charge >= 0.3 is 0 Å². The average molecular weight is 400 g/mol. The summed E-state index contributed by atoms with van der Waals surface area (Å²) >= 11 is 6.66. The summed E-state index contributed by atoms with van der Waals surface area (Å²) in [5, 5.41) is 5.22. The van der Waals surface area contributed by atoms with E-state index in [1.54, 1.807) is 7.11 Å². The van der Waals surface area contributed by atoms with Crippen molar-refractivity contribution in [1.82, 2.24) is 10.3 Å². The van der Waals surface area contributed by atoms with E-state index in [0.717, 1.165) is 67.2 Å². The Morgan fingerprint density at radius 3 is 2.89 bits per heavy atom. The number of rotatable bonds is 6. The maximum Gasteiger partial charge on any atom is 0.136 e. The Kier molecular flexibility index (Phi) is 6.15. The van der Waals surface area contributed by atoms with Crippen molar-refractivity contribution < 1.29 is 9.47 Å². The Hall–Kier alpha value is -2.08. The smallest absolute Gasteiger partial charge is 0.136 e. The van der Waals surface area contributed by atoms with Crippen LogP contribution in [0, 0.1) is 5.92 Å². The number of hydrogen-bond donors (Lipinski definition) is 1. The van der Waals surface area contributed by atoms with Crippen molar-refractivity contribution in [2.45, 2.75) is 13.0 Å². The number of aromatic nitrogens is 1. The number of benzene rings is 1. The number of nitrogens with zero attached hydrogens (tertiary/aromatic N) is 2. The number of ether oxygens (including phenoxy) is 2. The topological polar surface area (TPSA) is 46.6 Å². The molecule has 6 heteroatoms. The van der Waals surface area contributed by atoms with E-state index in [0.29, 0.717) is 17.6 Å². The first-order valence-corrected chi connectivity index (χ1v) is 10.2. The van der Waals surface area contributed by atoms with Gasteiger partial charge in [-0.2, -0.15) is 0 Å². The van der Waals surface area contributed by atoms with Crippen LogP contribution in [0.15, 0.2) is 42.5 Å². The van der Waals surface area contributed by atoms with Crippen LogP contribution < -0.4 is 15.0 Å². The highest BCUT2D eigenvalue weighted by Crippen LogP contribution is 2.36. The molecule has 2 heterocycles. The summed E-state index contributed by atoms with van der Waals surface area (Å²) in [7, 11) is 1.69. The summed E-state index contributed by atoms with van der Waals surface area (Å²) in [4.78, 5) is 7.02. The molecule has 1 atom stereocenters. The van der Waals surface area contributed by atoms with Crippen molar-refractivity contribution in [3.05, 3.63) is 53.2 Å². The highest BCUT2D eigenvalue weighted by molar-refractivity contribution is 6.31. The van der Waals surface area contributed by atoms with Gasteiger partial charge in [-0.3, -0.25) is 0 Å². The lowest BCUT2D eigenvalue weighted by molar-refractivity contribution is 0.122. The molecule has 1 fully saturated rings. The number of hydrogen-bond acceptors (Lipinski definition) is 5. The van der Waals surface area contributed by atoms with Gasteiger partial charge in [-0.1, -0.05) is 35.9 Å². The molecular formula is C22H26ClN3O2. The van der Waals surface area contributed by atoms with Gasteiger partial charge in [0, 0.05) is 37.1 Å². The molecule has 2 aliphatic rings. The molecular weight excluding hydrogens is 374 g/mol. The molecule has 1 saturated heterocycles. The van der Waals surface area contributed by atoms with Gasteiger partial charge in [0.1, 0.15) is 10.9 Å². The minimum atomic E-state index is 0.518. The third-order valence-corrected chi connectivity index (χ3v) is 5.63. The fraction of sp³-hybridized carbons (Fsp3) is 0.409. The zero-order chi connectivity index (χ0) is 19.3. The summed E-state index contributed by atoms with van der Waals surface area (Å²) in [5.41, 5.74) is 3.07. The number of fused-ring (bicyclic) bond motifs is 1. The minimum Gasteiger partial charge on any atom is -0.497 e.